The molecule has 0 heterocycles. The maximum atomic E-state index is 4.11. The van der Waals surface area contributed by atoms with Crippen LogP contribution in [0.4, 0.5) is 0 Å². The Morgan fingerprint density at radius 3 is 1.62 bits per heavy atom. The Bertz CT molecular complexity index is 211. The maximum Gasteiger partial charge on any atom is 2.00 e. The molecule has 3 aliphatic rings. The predicted molar refractivity (Wildman–Crippen MR) is 87.4 cm³/mol. The molecule has 3 saturated carbocycles. The van der Waals surface area contributed by atoms with Crippen LogP contribution in [0, 0.1) is 83.1 Å². The van der Waals surface area contributed by atoms with Crippen molar-refractivity contribution in [3.05, 3.63) is 82.8 Å². The van der Waals surface area contributed by atoms with E-state index in [0.29, 0.717) is 5.92 Å². The minimum atomic E-state index is 0. The van der Waals surface area contributed by atoms with Crippen molar-refractivity contribution in [1.82, 2.24) is 0 Å². The van der Waals surface area contributed by atoms with Crippen LogP contribution < -0.4 is 0 Å². The van der Waals surface area contributed by atoms with E-state index in [1.165, 1.54) is 37.7 Å². The van der Waals surface area contributed by atoms with Gasteiger partial charge in [0.05, 0.1) is 0 Å². The molecule has 1 unspecified atom stereocenters. The van der Waals surface area contributed by atoms with Crippen molar-refractivity contribution in [2.75, 3.05) is 0 Å². The Morgan fingerprint density at radius 2 is 1.24 bits per heavy atom. The SMILES string of the molecule is [CH2-]C1CCCCCC1=[C-]C.[CH]1[CH][CH][CH][CH]1.[CH]1[CH][CH][CH][CH]1.[Ti+2]. The first kappa shape index (κ1) is 21.5. The van der Waals surface area contributed by atoms with Gasteiger partial charge >= 0.3 is 21.7 Å². The summed E-state index contributed by atoms with van der Waals surface area (Å²) in [6, 6.07) is 0. The van der Waals surface area contributed by atoms with Gasteiger partial charge in [0.1, 0.15) is 0 Å². The minimum absolute atomic E-state index is 0. The zero-order valence-electron chi connectivity index (χ0n) is 13.1. The third kappa shape index (κ3) is 11.6. The van der Waals surface area contributed by atoms with Gasteiger partial charge in [-0.25, -0.2) is 0 Å². The van der Waals surface area contributed by atoms with Crippen LogP contribution in [0.25, 0.3) is 0 Å². The molecule has 0 spiro atoms. The summed E-state index contributed by atoms with van der Waals surface area (Å²) < 4.78 is 0. The average molecular weight is 314 g/mol. The van der Waals surface area contributed by atoms with Crippen molar-refractivity contribution in [2.24, 2.45) is 5.92 Å². The van der Waals surface area contributed by atoms with Gasteiger partial charge in [0.25, 0.3) is 0 Å². The smallest absolute Gasteiger partial charge is 0.503 e. The van der Waals surface area contributed by atoms with E-state index in [-0.39, 0.29) is 21.7 Å². The number of hydrogen-bond donors (Lipinski definition) is 0. The maximum absolute atomic E-state index is 4.11. The normalized spacial score (nSPS) is 26.8. The molecule has 0 aromatic carbocycles. The Hall–Kier alpha value is 0.454. The van der Waals surface area contributed by atoms with Gasteiger partial charge in [-0.15, -0.1) is 0 Å². The van der Waals surface area contributed by atoms with Gasteiger partial charge in [0.2, 0.25) is 0 Å². The van der Waals surface area contributed by atoms with Crippen LogP contribution >= 0.6 is 0 Å². The van der Waals surface area contributed by atoms with Gasteiger partial charge in [-0.1, -0.05) is 32.1 Å². The van der Waals surface area contributed by atoms with E-state index in [1.807, 2.05) is 71.1 Å². The van der Waals surface area contributed by atoms with Crippen molar-refractivity contribution in [3.63, 3.8) is 0 Å². The van der Waals surface area contributed by atoms with Crippen LogP contribution in [0.5, 0.6) is 0 Å². The fraction of sp³-hybridized carbons (Fsp3) is 0.350. The fourth-order valence-electron chi connectivity index (χ4n) is 2.23. The van der Waals surface area contributed by atoms with Crippen molar-refractivity contribution in [3.8, 4) is 0 Å². The average Bonchev–Trinajstić information content (AvgIpc) is 3.17. The van der Waals surface area contributed by atoms with Crippen LogP contribution in [-0.2, 0) is 21.7 Å². The molecule has 110 valence electrons. The van der Waals surface area contributed by atoms with E-state index < -0.39 is 0 Å². The molecule has 0 aromatic rings. The van der Waals surface area contributed by atoms with Crippen LogP contribution in [0.3, 0.4) is 0 Å². The Kier molecular flexibility index (Phi) is 15.7. The minimum Gasteiger partial charge on any atom is -0.503 e. The summed E-state index contributed by atoms with van der Waals surface area (Å²) in [5, 5.41) is 0. The Balaban J connectivity index is 0.000000307. The van der Waals surface area contributed by atoms with E-state index in [2.05, 4.69) is 13.0 Å². The molecular weight excluding hydrogens is 288 g/mol. The van der Waals surface area contributed by atoms with Crippen molar-refractivity contribution < 1.29 is 21.7 Å². The number of allylic oxidation sites excluding steroid dienone is 2. The van der Waals surface area contributed by atoms with Gasteiger partial charge in [0.15, 0.2) is 0 Å². The van der Waals surface area contributed by atoms with E-state index in [0.717, 1.165) is 0 Å². The van der Waals surface area contributed by atoms with Gasteiger partial charge < -0.3 is 13.0 Å². The molecule has 10 radical (unpaired) electrons. The predicted octanol–water partition coefficient (Wildman–Crippen LogP) is 5.19. The van der Waals surface area contributed by atoms with E-state index in [1.54, 1.807) is 0 Å². The Labute approximate surface area is 149 Å². The van der Waals surface area contributed by atoms with Gasteiger partial charge in [0, 0.05) is 0 Å². The molecule has 1 heteroatoms. The van der Waals surface area contributed by atoms with Crippen LogP contribution in [-0.4, -0.2) is 0 Å². The standard InChI is InChI=1S/C10H16.2C5H5.Ti/c1-3-10-8-6-4-5-7-9(10)2;2*1-2-4-5-3-1;/h9H,2,4-8H2,1H3;2*1-5H;/q-2;;;+2. The van der Waals surface area contributed by atoms with Crippen molar-refractivity contribution in [2.45, 2.75) is 39.0 Å². The third-order valence-corrected chi connectivity index (χ3v) is 3.42. The molecule has 1 atom stereocenters. The molecule has 0 aromatic heterocycles. The summed E-state index contributed by atoms with van der Waals surface area (Å²) in [7, 11) is 0. The monoisotopic (exact) mass is 314 g/mol. The van der Waals surface area contributed by atoms with E-state index in [9.17, 15) is 0 Å². The summed E-state index contributed by atoms with van der Waals surface area (Å²) in [5.41, 5.74) is 1.46. The Morgan fingerprint density at radius 1 is 0.810 bits per heavy atom. The second kappa shape index (κ2) is 15.4. The molecule has 0 saturated heterocycles. The van der Waals surface area contributed by atoms with Crippen molar-refractivity contribution >= 4 is 0 Å². The van der Waals surface area contributed by atoms with Crippen LogP contribution in [0.1, 0.15) is 39.0 Å². The summed E-state index contributed by atoms with van der Waals surface area (Å²) in [6.07, 6.45) is 29.9. The molecule has 3 aliphatic carbocycles. The van der Waals surface area contributed by atoms with Crippen molar-refractivity contribution in [1.29, 1.82) is 0 Å². The summed E-state index contributed by atoms with van der Waals surface area (Å²) in [5.74, 6) is 0.562. The molecule has 3 rings (SSSR count). The van der Waals surface area contributed by atoms with Crippen LogP contribution in [0.2, 0.25) is 0 Å². The zero-order chi connectivity index (χ0) is 14.5. The third-order valence-electron chi connectivity index (χ3n) is 3.42. The first-order chi connectivity index (χ1) is 9.84. The quantitative estimate of drug-likeness (QED) is 0.328. The number of rotatable bonds is 0. The largest absolute Gasteiger partial charge is 2.00 e. The number of hydrogen-bond acceptors (Lipinski definition) is 0. The molecule has 3 fully saturated rings. The molecular formula is C20H26Ti. The van der Waals surface area contributed by atoms with Gasteiger partial charge in [-0.05, 0) is 64.2 Å². The summed E-state index contributed by atoms with van der Waals surface area (Å²) in [6.45, 7) is 6.12. The zero-order valence-corrected chi connectivity index (χ0v) is 14.7. The summed E-state index contributed by atoms with van der Waals surface area (Å²) >= 11 is 0. The van der Waals surface area contributed by atoms with E-state index in [4.69, 9.17) is 0 Å². The fourth-order valence-corrected chi connectivity index (χ4v) is 2.23. The molecule has 0 aliphatic heterocycles. The van der Waals surface area contributed by atoms with Gasteiger partial charge in [-0.3, -0.25) is 5.57 Å². The molecule has 0 amide bonds. The first-order valence-electron chi connectivity index (χ1n) is 7.54. The summed E-state index contributed by atoms with van der Waals surface area (Å²) in [4.78, 5) is 0. The second-order valence-electron chi connectivity index (χ2n) is 5.00. The van der Waals surface area contributed by atoms with E-state index >= 15 is 0 Å². The second-order valence-corrected chi connectivity index (χ2v) is 5.00. The molecule has 0 bridgehead atoms. The van der Waals surface area contributed by atoms with Gasteiger partial charge in [-0.2, -0.15) is 12.8 Å². The molecule has 21 heavy (non-hydrogen) atoms. The van der Waals surface area contributed by atoms with Crippen LogP contribution in [0.15, 0.2) is 5.57 Å². The molecule has 0 N–H and O–H groups in total. The first-order valence-corrected chi connectivity index (χ1v) is 7.54. The molecule has 0 nitrogen and oxygen atoms in total. The topological polar surface area (TPSA) is 0 Å².